The van der Waals surface area contributed by atoms with E-state index in [0.717, 1.165) is 24.3 Å². The first-order valence-electron chi connectivity index (χ1n) is 6.85. The molecule has 3 N–H and O–H groups in total. The van der Waals surface area contributed by atoms with Gasteiger partial charge < -0.3 is 11.1 Å². The molecule has 0 aliphatic heterocycles. The number of carbonyl (C=O) groups excluding carboxylic acids is 1. The molecule has 2 atom stereocenters. The highest BCUT2D eigenvalue weighted by atomic mass is 32.1. The quantitative estimate of drug-likeness (QED) is 0.894. The zero-order chi connectivity index (χ0) is 14.1. The summed E-state index contributed by atoms with van der Waals surface area (Å²) >= 11 is 1.55. The predicted octanol–water partition coefficient (Wildman–Crippen LogP) is 2.40. The van der Waals surface area contributed by atoms with Crippen LogP contribution in [-0.4, -0.2) is 16.4 Å². The standard InChI is InChI=1S/C14H23N3OS/c1-10-5-4-6-14(15,9-10)11(18)17-13(2,3)12-16-7-8-19-12/h7-8,10H,4-6,9,15H2,1-3H3,(H,17,18). The molecule has 0 bridgehead atoms. The Bertz CT molecular complexity index is 444. The van der Waals surface area contributed by atoms with Gasteiger partial charge in [-0.1, -0.05) is 19.8 Å². The Balaban J connectivity index is 2.08. The maximum Gasteiger partial charge on any atom is 0.240 e. The average molecular weight is 281 g/mol. The number of carbonyl (C=O) groups is 1. The van der Waals surface area contributed by atoms with E-state index in [1.54, 1.807) is 17.5 Å². The molecule has 1 aromatic heterocycles. The minimum atomic E-state index is -0.716. The molecule has 0 radical (unpaired) electrons. The molecule has 1 amide bonds. The molecule has 5 heteroatoms. The van der Waals surface area contributed by atoms with Crippen molar-refractivity contribution in [2.45, 2.75) is 57.5 Å². The van der Waals surface area contributed by atoms with Gasteiger partial charge in [-0.05, 0) is 32.6 Å². The lowest BCUT2D eigenvalue weighted by Crippen LogP contribution is -2.59. The Morgan fingerprint density at radius 3 is 2.95 bits per heavy atom. The normalized spacial score (nSPS) is 28.1. The molecule has 1 heterocycles. The van der Waals surface area contributed by atoms with E-state index >= 15 is 0 Å². The van der Waals surface area contributed by atoms with Crippen molar-refractivity contribution in [3.8, 4) is 0 Å². The van der Waals surface area contributed by atoms with Gasteiger partial charge in [-0.15, -0.1) is 11.3 Å². The third-order valence-corrected chi connectivity index (χ3v) is 4.97. The Morgan fingerprint density at radius 2 is 2.37 bits per heavy atom. The second-order valence-corrected chi connectivity index (χ2v) is 7.17. The van der Waals surface area contributed by atoms with E-state index in [1.165, 1.54) is 6.42 Å². The summed E-state index contributed by atoms with van der Waals surface area (Å²) in [6.45, 7) is 6.11. The van der Waals surface area contributed by atoms with E-state index in [1.807, 2.05) is 19.2 Å². The molecule has 0 saturated heterocycles. The molecule has 19 heavy (non-hydrogen) atoms. The Morgan fingerprint density at radius 1 is 1.63 bits per heavy atom. The summed E-state index contributed by atoms with van der Waals surface area (Å²) in [4.78, 5) is 16.8. The minimum Gasteiger partial charge on any atom is -0.343 e. The van der Waals surface area contributed by atoms with Gasteiger partial charge in [-0.2, -0.15) is 0 Å². The summed E-state index contributed by atoms with van der Waals surface area (Å²) < 4.78 is 0. The molecular weight excluding hydrogens is 258 g/mol. The number of amides is 1. The number of nitrogens with zero attached hydrogens (tertiary/aromatic N) is 1. The van der Waals surface area contributed by atoms with Gasteiger partial charge in [0.05, 0.1) is 11.1 Å². The van der Waals surface area contributed by atoms with E-state index in [-0.39, 0.29) is 5.91 Å². The fraction of sp³-hybridized carbons (Fsp3) is 0.714. The first-order chi connectivity index (χ1) is 8.83. The molecule has 106 valence electrons. The molecule has 1 aromatic rings. The van der Waals surface area contributed by atoms with E-state index in [0.29, 0.717) is 5.92 Å². The summed E-state index contributed by atoms with van der Waals surface area (Å²) in [6.07, 6.45) is 5.50. The molecule has 1 aliphatic rings. The Hall–Kier alpha value is -0.940. The van der Waals surface area contributed by atoms with Gasteiger partial charge in [-0.25, -0.2) is 4.98 Å². The van der Waals surface area contributed by atoms with Crippen molar-refractivity contribution in [1.82, 2.24) is 10.3 Å². The molecule has 2 unspecified atom stereocenters. The summed E-state index contributed by atoms with van der Waals surface area (Å²) in [6, 6.07) is 0. The summed E-state index contributed by atoms with van der Waals surface area (Å²) in [5, 5.41) is 5.90. The van der Waals surface area contributed by atoms with Crippen LogP contribution >= 0.6 is 11.3 Å². The van der Waals surface area contributed by atoms with Gasteiger partial charge in [0.15, 0.2) is 0 Å². The molecule has 1 fully saturated rings. The van der Waals surface area contributed by atoms with Crippen molar-refractivity contribution < 1.29 is 4.79 Å². The lowest BCUT2D eigenvalue weighted by atomic mass is 9.76. The van der Waals surface area contributed by atoms with Crippen LogP contribution in [0.3, 0.4) is 0 Å². The number of hydrogen-bond acceptors (Lipinski definition) is 4. The third-order valence-electron chi connectivity index (χ3n) is 3.88. The van der Waals surface area contributed by atoms with Crippen LogP contribution in [0.4, 0.5) is 0 Å². The molecule has 4 nitrogen and oxygen atoms in total. The first-order valence-corrected chi connectivity index (χ1v) is 7.73. The highest BCUT2D eigenvalue weighted by Crippen LogP contribution is 2.32. The first kappa shape index (κ1) is 14.5. The SMILES string of the molecule is CC1CCCC(N)(C(=O)NC(C)(C)c2nccs2)C1. The van der Waals surface area contributed by atoms with Crippen LogP contribution in [0.5, 0.6) is 0 Å². The number of thiazole rings is 1. The van der Waals surface area contributed by atoms with Gasteiger partial charge in [0.25, 0.3) is 0 Å². The average Bonchev–Trinajstić information content (AvgIpc) is 2.81. The predicted molar refractivity (Wildman–Crippen MR) is 77.8 cm³/mol. The number of aromatic nitrogens is 1. The van der Waals surface area contributed by atoms with Crippen molar-refractivity contribution in [1.29, 1.82) is 0 Å². The van der Waals surface area contributed by atoms with Crippen LogP contribution in [0.1, 0.15) is 51.5 Å². The Kier molecular flexibility index (Phi) is 3.97. The summed E-state index contributed by atoms with van der Waals surface area (Å²) in [5.41, 5.74) is 5.15. The van der Waals surface area contributed by atoms with Crippen LogP contribution < -0.4 is 11.1 Å². The molecular formula is C14H23N3OS. The number of rotatable bonds is 3. The van der Waals surface area contributed by atoms with E-state index in [9.17, 15) is 4.79 Å². The maximum atomic E-state index is 12.5. The van der Waals surface area contributed by atoms with E-state index in [2.05, 4.69) is 17.2 Å². The zero-order valence-corrected chi connectivity index (χ0v) is 12.7. The van der Waals surface area contributed by atoms with Gasteiger partial charge >= 0.3 is 0 Å². The van der Waals surface area contributed by atoms with Crippen molar-refractivity contribution >= 4 is 17.2 Å². The van der Waals surface area contributed by atoms with Crippen molar-refractivity contribution in [3.63, 3.8) is 0 Å². The fourth-order valence-electron chi connectivity index (χ4n) is 2.79. The second-order valence-electron chi connectivity index (χ2n) is 6.27. The highest BCUT2D eigenvalue weighted by molar-refractivity contribution is 7.09. The van der Waals surface area contributed by atoms with Crippen molar-refractivity contribution in [3.05, 3.63) is 16.6 Å². The van der Waals surface area contributed by atoms with Crippen molar-refractivity contribution in [2.75, 3.05) is 0 Å². The lowest BCUT2D eigenvalue weighted by Gasteiger charge is -2.37. The largest absolute Gasteiger partial charge is 0.343 e. The maximum absolute atomic E-state index is 12.5. The van der Waals surface area contributed by atoms with E-state index in [4.69, 9.17) is 5.73 Å². The second kappa shape index (κ2) is 5.21. The fourth-order valence-corrected chi connectivity index (χ4v) is 3.51. The molecule has 1 aliphatic carbocycles. The molecule has 0 spiro atoms. The molecule has 2 rings (SSSR count). The van der Waals surface area contributed by atoms with Gasteiger partial charge in [-0.3, -0.25) is 4.79 Å². The monoisotopic (exact) mass is 281 g/mol. The van der Waals surface area contributed by atoms with Crippen LogP contribution in [0.15, 0.2) is 11.6 Å². The van der Waals surface area contributed by atoms with Gasteiger partial charge in [0.1, 0.15) is 5.01 Å². The van der Waals surface area contributed by atoms with Crippen LogP contribution in [-0.2, 0) is 10.3 Å². The molecule has 1 saturated carbocycles. The van der Waals surface area contributed by atoms with Crippen LogP contribution in [0, 0.1) is 5.92 Å². The van der Waals surface area contributed by atoms with Crippen LogP contribution in [0.2, 0.25) is 0 Å². The topological polar surface area (TPSA) is 68.0 Å². The summed E-state index contributed by atoms with van der Waals surface area (Å²) in [7, 11) is 0. The van der Waals surface area contributed by atoms with Crippen molar-refractivity contribution in [2.24, 2.45) is 11.7 Å². The zero-order valence-electron chi connectivity index (χ0n) is 11.9. The molecule has 0 aromatic carbocycles. The smallest absolute Gasteiger partial charge is 0.240 e. The third kappa shape index (κ3) is 3.15. The van der Waals surface area contributed by atoms with Crippen LogP contribution in [0.25, 0.3) is 0 Å². The Labute approximate surface area is 118 Å². The number of hydrogen-bond donors (Lipinski definition) is 2. The van der Waals surface area contributed by atoms with Gasteiger partial charge in [0, 0.05) is 11.6 Å². The van der Waals surface area contributed by atoms with Gasteiger partial charge in [0.2, 0.25) is 5.91 Å². The number of nitrogens with one attached hydrogen (secondary N) is 1. The van der Waals surface area contributed by atoms with E-state index < -0.39 is 11.1 Å². The highest BCUT2D eigenvalue weighted by Gasteiger charge is 2.40. The lowest BCUT2D eigenvalue weighted by molar-refractivity contribution is -0.129. The minimum absolute atomic E-state index is 0.0424. The summed E-state index contributed by atoms with van der Waals surface area (Å²) in [5.74, 6) is 0.478. The number of nitrogens with two attached hydrogens (primary N) is 1.